The van der Waals surface area contributed by atoms with Gasteiger partial charge in [-0.1, -0.05) is 11.6 Å². The number of nitrogens with one attached hydrogen (secondary N) is 2. The first-order valence-electron chi connectivity index (χ1n) is 4.53. The van der Waals surface area contributed by atoms with Gasteiger partial charge >= 0.3 is 0 Å². The molecule has 2 aromatic rings. The maximum Gasteiger partial charge on any atom is 0.276 e. The van der Waals surface area contributed by atoms with Gasteiger partial charge in [-0.2, -0.15) is 5.10 Å². The SMILES string of the molecule is O=C(Nc1ccc(F)cc1F)c1cc(Cl)[nH]n1. The van der Waals surface area contributed by atoms with Crippen LogP contribution in [0.2, 0.25) is 5.15 Å². The average Bonchev–Trinajstić information content (AvgIpc) is 2.69. The molecule has 7 heteroatoms. The van der Waals surface area contributed by atoms with Crippen LogP contribution in [0.3, 0.4) is 0 Å². The third kappa shape index (κ3) is 2.59. The Morgan fingerprint density at radius 2 is 2.12 bits per heavy atom. The summed E-state index contributed by atoms with van der Waals surface area (Å²) in [7, 11) is 0. The molecule has 0 radical (unpaired) electrons. The summed E-state index contributed by atoms with van der Waals surface area (Å²) in [5.74, 6) is -2.22. The number of benzene rings is 1. The average molecular weight is 258 g/mol. The Morgan fingerprint density at radius 3 is 2.71 bits per heavy atom. The highest BCUT2D eigenvalue weighted by molar-refractivity contribution is 6.29. The highest BCUT2D eigenvalue weighted by Crippen LogP contribution is 2.16. The second-order valence-corrected chi connectivity index (χ2v) is 3.59. The molecule has 4 nitrogen and oxygen atoms in total. The van der Waals surface area contributed by atoms with E-state index in [1.807, 2.05) is 0 Å². The fourth-order valence-corrected chi connectivity index (χ4v) is 1.34. The first-order chi connectivity index (χ1) is 8.06. The Hall–Kier alpha value is -1.95. The maximum absolute atomic E-state index is 13.2. The first-order valence-corrected chi connectivity index (χ1v) is 4.91. The maximum atomic E-state index is 13.2. The monoisotopic (exact) mass is 257 g/mol. The molecule has 88 valence electrons. The summed E-state index contributed by atoms with van der Waals surface area (Å²) in [6.45, 7) is 0. The minimum absolute atomic E-state index is 0.0127. The first kappa shape index (κ1) is 11.5. The fourth-order valence-electron chi connectivity index (χ4n) is 1.19. The smallest absolute Gasteiger partial charge is 0.276 e. The van der Waals surface area contributed by atoms with E-state index >= 15 is 0 Å². The predicted molar refractivity (Wildman–Crippen MR) is 57.9 cm³/mol. The zero-order chi connectivity index (χ0) is 12.4. The number of carbonyl (C=O) groups is 1. The normalized spacial score (nSPS) is 10.3. The zero-order valence-corrected chi connectivity index (χ0v) is 9.05. The van der Waals surface area contributed by atoms with E-state index in [4.69, 9.17) is 11.6 Å². The Kier molecular flexibility index (Phi) is 3.06. The number of nitrogens with zero attached hydrogens (tertiary/aromatic N) is 1. The molecule has 2 N–H and O–H groups in total. The van der Waals surface area contributed by atoms with Crippen molar-refractivity contribution < 1.29 is 13.6 Å². The van der Waals surface area contributed by atoms with Crippen LogP contribution in [0, 0.1) is 11.6 Å². The lowest BCUT2D eigenvalue weighted by Gasteiger charge is -2.04. The van der Waals surface area contributed by atoms with E-state index in [2.05, 4.69) is 15.5 Å². The third-order valence-electron chi connectivity index (χ3n) is 1.96. The van der Waals surface area contributed by atoms with Crippen LogP contribution in [0.1, 0.15) is 10.5 Å². The van der Waals surface area contributed by atoms with E-state index < -0.39 is 17.5 Å². The van der Waals surface area contributed by atoms with Crippen LogP contribution in [0.4, 0.5) is 14.5 Å². The number of halogens is 3. The standard InChI is InChI=1S/C10H6ClF2N3O/c11-9-4-8(15-16-9)10(17)14-7-2-1-5(12)3-6(7)13/h1-4H,(H,14,17)(H,15,16). The molecule has 0 bridgehead atoms. The molecule has 0 aliphatic carbocycles. The molecule has 1 amide bonds. The molecule has 0 saturated heterocycles. The number of H-pyrrole nitrogens is 1. The largest absolute Gasteiger partial charge is 0.318 e. The molecule has 0 aliphatic heterocycles. The number of anilines is 1. The van der Waals surface area contributed by atoms with Crippen molar-refractivity contribution in [2.24, 2.45) is 0 Å². The molecule has 17 heavy (non-hydrogen) atoms. The molecule has 2 rings (SSSR count). The van der Waals surface area contributed by atoms with Gasteiger partial charge in [-0.15, -0.1) is 0 Å². The number of carbonyl (C=O) groups excluding carboxylic acids is 1. The molecular formula is C10H6ClF2N3O. The Morgan fingerprint density at radius 1 is 1.35 bits per heavy atom. The lowest BCUT2D eigenvalue weighted by atomic mass is 10.3. The number of amides is 1. The van der Waals surface area contributed by atoms with Gasteiger partial charge in [-0.3, -0.25) is 9.89 Å². The van der Waals surface area contributed by atoms with Gasteiger partial charge in [0.2, 0.25) is 0 Å². The van der Waals surface area contributed by atoms with E-state index in [0.29, 0.717) is 6.07 Å². The van der Waals surface area contributed by atoms with Crippen molar-refractivity contribution >= 4 is 23.2 Å². The van der Waals surface area contributed by atoms with Crippen molar-refractivity contribution in [1.29, 1.82) is 0 Å². The number of rotatable bonds is 2. The Balaban J connectivity index is 2.18. The summed E-state index contributed by atoms with van der Waals surface area (Å²) >= 11 is 5.54. The van der Waals surface area contributed by atoms with E-state index in [1.165, 1.54) is 6.07 Å². The topological polar surface area (TPSA) is 57.8 Å². The quantitative estimate of drug-likeness (QED) is 0.869. The molecule has 0 atom stereocenters. The minimum atomic E-state index is -0.861. The van der Waals surface area contributed by atoms with Gasteiger partial charge in [-0.05, 0) is 12.1 Å². The van der Waals surface area contributed by atoms with E-state index in [9.17, 15) is 13.6 Å². The summed E-state index contributed by atoms with van der Waals surface area (Å²) in [6, 6.07) is 4.12. The summed E-state index contributed by atoms with van der Waals surface area (Å²) in [4.78, 5) is 11.6. The van der Waals surface area contributed by atoms with E-state index in [1.54, 1.807) is 0 Å². The van der Waals surface area contributed by atoms with Crippen LogP contribution in [-0.4, -0.2) is 16.1 Å². The van der Waals surface area contributed by atoms with Crippen molar-refractivity contribution in [3.8, 4) is 0 Å². The summed E-state index contributed by atoms with van der Waals surface area (Å²) < 4.78 is 25.8. The lowest BCUT2D eigenvalue weighted by Crippen LogP contribution is -2.13. The van der Waals surface area contributed by atoms with E-state index in [-0.39, 0.29) is 16.5 Å². The molecule has 0 aliphatic rings. The summed E-state index contributed by atoms with van der Waals surface area (Å²) in [5, 5.41) is 8.39. The van der Waals surface area contributed by atoms with Gasteiger partial charge in [-0.25, -0.2) is 8.78 Å². The minimum Gasteiger partial charge on any atom is -0.318 e. The van der Waals surface area contributed by atoms with Gasteiger partial charge in [0, 0.05) is 12.1 Å². The van der Waals surface area contributed by atoms with Crippen LogP contribution in [-0.2, 0) is 0 Å². The van der Waals surface area contributed by atoms with Crippen LogP contribution < -0.4 is 5.32 Å². The summed E-state index contributed by atoms with van der Waals surface area (Å²) in [6.07, 6.45) is 0. The molecule has 0 fully saturated rings. The van der Waals surface area contributed by atoms with Crippen molar-refractivity contribution in [3.05, 3.63) is 46.7 Å². The number of hydrogen-bond donors (Lipinski definition) is 2. The number of hydrogen-bond acceptors (Lipinski definition) is 2. The molecule has 0 unspecified atom stereocenters. The highest BCUT2D eigenvalue weighted by atomic mass is 35.5. The van der Waals surface area contributed by atoms with Crippen LogP contribution in [0.15, 0.2) is 24.3 Å². The summed E-state index contributed by atoms with van der Waals surface area (Å²) in [5.41, 5.74) is -0.116. The fraction of sp³-hybridized carbons (Fsp3) is 0. The van der Waals surface area contributed by atoms with Crippen molar-refractivity contribution in [2.45, 2.75) is 0 Å². The lowest BCUT2D eigenvalue weighted by molar-refractivity contribution is 0.102. The molecule has 1 aromatic carbocycles. The molecule has 0 spiro atoms. The predicted octanol–water partition coefficient (Wildman–Crippen LogP) is 2.59. The van der Waals surface area contributed by atoms with Crippen LogP contribution >= 0.6 is 11.6 Å². The van der Waals surface area contributed by atoms with Gasteiger partial charge < -0.3 is 5.32 Å². The molecular weight excluding hydrogens is 252 g/mol. The van der Waals surface area contributed by atoms with E-state index in [0.717, 1.165) is 12.1 Å². The van der Waals surface area contributed by atoms with Gasteiger partial charge in [0.05, 0.1) is 5.69 Å². The van der Waals surface area contributed by atoms with Gasteiger partial charge in [0.15, 0.2) is 5.69 Å². The molecule has 1 aromatic heterocycles. The van der Waals surface area contributed by atoms with Gasteiger partial charge in [0.25, 0.3) is 5.91 Å². The Labute approximate surface area is 99.6 Å². The zero-order valence-electron chi connectivity index (χ0n) is 8.30. The Bertz CT molecular complexity index is 570. The van der Waals surface area contributed by atoms with Gasteiger partial charge in [0.1, 0.15) is 16.8 Å². The highest BCUT2D eigenvalue weighted by Gasteiger charge is 2.12. The van der Waals surface area contributed by atoms with Crippen LogP contribution in [0.25, 0.3) is 0 Å². The second-order valence-electron chi connectivity index (χ2n) is 3.18. The molecule has 0 saturated carbocycles. The van der Waals surface area contributed by atoms with Crippen molar-refractivity contribution in [1.82, 2.24) is 10.2 Å². The molecule has 1 heterocycles. The van der Waals surface area contributed by atoms with Crippen molar-refractivity contribution in [3.63, 3.8) is 0 Å². The number of aromatic amines is 1. The number of aromatic nitrogens is 2. The second kappa shape index (κ2) is 4.50. The van der Waals surface area contributed by atoms with Crippen LogP contribution in [0.5, 0.6) is 0 Å². The van der Waals surface area contributed by atoms with Crippen molar-refractivity contribution in [2.75, 3.05) is 5.32 Å². The third-order valence-corrected chi connectivity index (χ3v) is 2.15.